The van der Waals surface area contributed by atoms with Gasteiger partial charge in [-0.2, -0.15) is 5.10 Å². The number of rotatable bonds is 5. The Labute approximate surface area is 187 Å². The van der Waals surface area contributed by atoms with E-state index in [0.29, 0.717) is 28.1 Å². The van der Waals surface area contributed by atoms with Crippen molar-refractivity contribution in [2.75, 3.05) is 36.2 Å². The van der Waals surface area contributed by atoms with Crippen molar-refractivity contribution in [1.82, 2.24) is 14.5 Å². The fraction of sp³-hybridized carbons (Fsp3) is 0.348. The van der Waals surface area contributed by atoms with E-state index in [1.807, 2.05) is 43.6 Å². The smallest absolute Gasteiger partial charge is 0.151 e. The minimum atomic E-state index is 0.131. The van der Waals surface area contributed by atoms with Crippen LogP contribution in [0.25, 0.3) is 11.1 Å². The molecule has 1 saturated heterocycles. The maximum absolute atomic E-state index is 8.90. The molecule has 1 unspecified atom stereocenters. The van der Waals surface area contributed by atoms with Crippen LogP contribution in [0.4, 0.5) is 11.5 Å². The fourth-order valence-corrected chi connectivity index (χ4v) is 4.15. The van der Waals surface area contributed by atoms with E-state index in [1.165, 1.54) is 0 Å². The van der Waals surface area contributed by atoms with Gasteiger partial charge in [-0.1, -0.05) is 6.07 Å². The molecule has 3 heterocycles. The summed E-state index contributed by atoms with van der Waals surface area (Å²) in [6, 6.07) is 11.2. The minimum absolute atomic E-state index is 0.131. The second-order valence-electron chi connectivity index (χ2n) is 8.25. The molecule has 9 heteroatoms. The molecule has 3 aromatic rings. The van der Waals surface area contributed by atoms with Gasteiger partial charge in [0.25, 0.3) is 0 Å². The van der Waals surface area contributed by atoms with Crippen LogP contribution in [0, 0.1) is 10.8 Å². The van der Waals surface area contributed by atoms with Crippen molar-refractivity contribution in [3.05, 3.63) is 59.3 Å². The lowest BCUT2D eigenvalue weighted by atomic mass is 9.99. The number of hydrogen-bond acceptors (Lipinski definition) is 7. The number of morpholine rings is 1. The van der Waals surface area contributed by atoms with E-state index in [-0.39, 0.29) is 12.2 Å². The topological polar surface area (TPSA) is 121 Å². The number of benzene rings is 1. The third kappa shape index (κ3) is 4.11. The lowest BCUT2D eigenvalue weighted by molar-refractivity contribution is -0.00548. The fourth-order valence-electron chi connectivity index (χ4n) is 4.15. The molecule has 1 aromatic carbocycles. The van der Waals surface area contributed by atoms with Crippen LogP contribution in [-0.2, 0) is 11.8 Å². The molecule has 2 aromatic heterocycles. The molecule has 1 aliphatic rings. The molecule has 4 rings (SSSR count). The van der Waals surface area contributed by atoms with Crippen LogP contribution in [0.3, 0.4) is 0 Å². The van der Waals surface area contributed by atoms with Crippen molar-refractivity contribution in [2.45, 2.75) is 26.1 Å². The van der Waals surface area contributed by atoms with E-state index in [1.54, 1.807) is 22.5 Å². The Kier molecular flexibility index (Phi) is 5.75. The number of nitrogens with two attached hydrogens (primary N) is 1. The maximum Gasteiger partial charge on any atom is 0.151 e. The van der Waals surface area contributed by atoms with E-state index in [4.69, 9.17) is 21.3 Å². The Morgan fingerprint density at radius 2 is 1.81 bits per heavy atom. The summed E-state index contributed by atoms with van der Waals surface area (Å²) in [5.41, 5.74) is 13.6. The Hall–Kier alpha value is -3.59. The monoisotopic (exact) mass is 434 g/mol. The summed E-state index contributed by atoms with van der Waals surface area (Å²) < 4.78 is 9.20. The molecule has 0 spiro atoms. The largest absolute Gasteiger partial charge is 0.398 e. The second kappa shape index (κ2) is 8.51. The highest BCUT2D eigenvalue weighted by atomic mass is 16.5. The van der Waals surface area contributed by atoms with E-state index in [9.17, 15) is 0 Å². The van der Waals surface area contributed by atoms with Crippen LogP contribution in [0.2, 0.25) is 0 Å². The first-order valence-corrected chi connectivity index (χ1v) is 10.7. The van der Waals surface area contributed by atoms with Crippen molar-refractivity contribution in [3.63, 3.8) is 0 Å². The lowest BCUT2D eigenvalue weighted by Crippen LogP contribution is -2.45. The van der Waals surface area contributed by atoms with Crippen molar-refractivity contribution in [1.29, 1.82) is 10.8 Å². The van der Waals surface area contributed by atoms with Gasteiger partial charge in [0.15, 0.2) is 5.82 Å². The van der Waals surface area contributed by atoms with Crippen LogP contribution < -0.4 is 21.5 Å². The van der Waals surface area contributed by atoms with Gasteiger partial charge in [0.05, 0.1) is 23.6 Å². The van der Waals surface area contributed by atoms with Gasteiger partial charge in [-0.3, -0.25) is 15.5 Å². The SMILES string of the molecule is CNn1cc(-c2ccc(N)c(C(=N)c3cc(N4CC(C)O[C@H](C)C4)nn3C)c2)ccc1=N. The molecule has 1 aliphatic heterocycles. The Balaban J connectivity index is 1.67. The summed E-state index contributed by atoms with van der Waals surface area (Å²) in [7, 11) is 3.62. The summed E-state index contributed by atoms with van der Waals surface area (Å²) in [4.78, 5) is 2.20. The average molecular weight is 435 g/mol. The molecule has 5 N–H and O–H groups in total. The first kappa shape index (κ1) is 21.6. The zero-order valence-corrected chi connectivity index (χ0v) is 18.9. The average Bonchev–Trinajstić information content (AvgIpc) is 3.15. The molecule has 0 amide bonds. The highest BCUT2D eigenvalue weighted by Gasteiger charge is 2.25. The zero-order chi connectivity index (χ0) is 23.0. The number of nitrogen functional groups attached to an aromatic ring is 1. The zero-order valence-electron chi connectivity index (χ0n) is 18.9. The number of aromatic nitrogens is 3. The predicted octanol–water partition coefficient (Wildman–Crippen LogP) is 2.15. The van der Waals surface area contributed by atoms with Crippen LogP contribution >= 0.6 is 0 Å². The molecule has 0 aliphatic carbocycles. The number of ether oxygens (including phenoxy) is 1. The maximum atomic E-state index is 8.90. The van der Waals surface area contributed by atoms with Crippen molar-refractivity contribution in [2.24, 2.45) is 7.05 Å². The van der Waals surface area contributed by atoms with Crippen molar-refractivity contribution in [3.8, 4) is 11.1 Å². The number of nitrogens with one attached hydrogen (secondary N) is 3. The third-order valence-corrected chi connectivity index (χ3v) is 5.71. The van der Waals surface area contributed by atoms with Crippen molar-refractivity contribution < 1.29 is 4.74 Å². The van der Waals surface area contributed by atoms with E-state index >= 15 is 0 Å². The lowest BCUT2D eigenvalue weighted by Gasteiger charge is -2.35. The van der Waals surface area contributed by atoms with Gasteiger partial charge in [-0.15, -0.1) is 0 Å². The van der Waals surface area contributed by atoms with E-state index in [2.05, 4.69) is 29.3 Å². The molecular weight excluding hydrogens is 404 g/mol. The molecule has 0 radical (unpaired) electrons. The molecule has 168 valence electrons. The summed E-state index contributed by atoms with van der Waals surface area (Å²) >= 11 is 0. The van der Waals surface area contributed by atoms with Crippen LogP contribution in [0.5, 0.6) is 0 Å². The molecule has 0 bridgehead atoms. The van der Waals surface area contributed by atoms with Gasteiger partial charge in [0.1, 0.15) is 5.49 Å². The molecular formula is C23H30N8O. The van der Waals surface area contributed by atoms with Crippen LogP contribution in [0.1, 0.15) is 25.1 Å². The first-order chi connectivity index (χ1) is 15.3. The Morgan fingerprint density at radius 3 is 2.50 bits per heavy atom. The Bertz CT molecular complexity index is 1200. The summed E-state index contributed by atoms with van der Waals surface area (Å²) in [5.74, 6) is 0.838. The normalized spacial score (nSPS) is 18.6. The number of nitrogens with zero attached hydrogens (tertiary/aromatic N) is 4. The molecule has 2 atom stereocenters. The van der Waals surface area contributed by atoms with Gasteiger partial charge >= 0.3 is 0 Å². The summed E-state index contributed by atoms with van der Waals surface area (Å²) in [6.45, 7) is 5.66. The number of aryl methyl sites for hydroxylation is 1. The number of anilines is 2. The number of hydrogen-bond donors (Lipinski definition) is 4. The van der Waals surface area contributed by atoms with Gasteiger partial charge in [-0.05, 0) is 43.7 Å². The van der Waals surface area contributed by atoms with E-state index < -0.39 is 0 Å². The highest BCUT2D eigenvalue weighted by molar-refractivity contribution is 6.13. The molecule has 1 fully saturated rings. The van der Waals surface area contributed by atoms with Gasteiger partial charge in [0, 0.05) is 56.3 Å². The first-order valence-electron chi connectivity index (χ1n) is 10.7. The summed E-state index contributed by atoms with van der Waals surface area (Å²) in [6.07, 6.45) is 2.11. The standard InChI is InChI=1S/C23H30N8O/c1-14-11-30(12-15(2)32-14)22-10-20(29(4)28-22)23(26)18-9-16(5-7-19(18)24)17-6-8-21(25)31(13-17)27-3/h5-10,13-15,25-27H,11-12,24H2,1-4H3/t14-,15?/m1/s1. The van der Waals surface area contributed by atoms with Gasteiger partial charge < -0.3 is 20.8 Å². The van der Waals surface area contributed by atoms with Crippen molar-refractivity contribution >= 4 is 17.2 Å². The molecule has 32 heavy (non-hydrogen) atoms. The minimum Gasteiger partial charge on any atom is -0.398 e. The molecule has 9 nitrogen and oxygen atoms in total. The number of pyridine rings is 1. The van der Waals surface area contributed by atoms with Crippen LogP contribution in [0.15, 0.2) is 42.6 Å². The highest BCUT2D eigenvalue weighted by Crippen LogP contribution is 2.27. The quantitative estimate of drug-likeness (QED) is 0.362. The second-order valence-corrected chi connectivity index (χ2v) is 8.25. The predicted molar refractivity (Wildman–Crippen MR) is 127 cm³/mol. The van der Waals surface area contributed by atoms with Gasteiger partial charge in [0.2, 0.25) is 0 Å². The van der Waals surface area contributed by atoms with Crippen LogP contribution in [-0.4, -0.2) is 52.5 Å². The van der Waals surface area contributed by atoms with E-state index in [0.717, 1.165) is 30.0 Å². The molecule has 0 saturated carbocycles. The Morgan fingerprint density at radius 1 is 1.12 bits per heavy atom. The third-order valence-electron chi connectivity index (χ3n) is 5.71. The summed E-state index contributed by atoms with van der Waals surface area (Å²) in [5, 5.41) is 21.5. The van der Waals surface area contributed by atoms with Gasteiger partial charge in [-0.25, -0.2) is 4.68 Å².